The van der Waals surface area contributed by atoms with Crippen LogP contribution in [0.4, 0.5) is 0 Å². The quantitative estimate of drug-likeness (QED) is 0.456. The molecule has 8 nitrogen and oxygen atoms in total. The Hall–Kier alpha value is -1.48. The molecule has 2 N–H and O–H groups in total. The van der Waals surface area contributed by atoms with Gasteiger partial charge in [-0.15, -0.1) is 0 Å². The van der Waals surface area contributed by atoms with Crippen molar-refractivity contribution in [2.75, 3.05) is 12.8 Å². The molecule has 0 saturated carbocycles. The summed E-state index contributed by atoms with van der Waals surface area (Å²) in [6.45, 7) is 0.441. The van der Waals surface area contributed by atoms with Gasteiger partial charge in [-0.25, -0.2) is 18.2 Å². The summed E-state index contributed by atoms with van der Waals surface area (Å²) in [6.07, 6.45) is 2.65. The lowest BCUT2D eigenvalue weighted by atomic mass is 10.4. The van der Waals surface area contributed by atoms with E-state index in [1.54, 1.807) is 0 Å². The Morgan fingerprint density at radius 3 is 2.81 bits per heavy atom. The van der Waals surface area contributed by atoms with Gasteiger partial charge >= 0.3 is 11.1 Å². The zero-order valence-corrected chi connectivity index (χ0v) is 9.45. The second kappa shape index (κ2) is 5.03. The Balaban J connectivity index is 2.53. The first-order valence-corrected chi connectivity index (χ1v) is 6.38. The third-order valence-corrected chi connectivity index (χ3v) is 2.49. The SMILES string of the molecule is CS(=O)(=O)NCCCn1cn[nH]c(=O)c1=O. The zero-order chi connectivity index (χ0) is 12.2. The average molecular weight is 248 g/mol. The number of H-pyrrole nitrogens is 1. The fourth-order valence-electron chi connectivity index (χ4n) is 1.05. The van der Waals surface area contributed by atoms with Gasteiger partial charge in [-0.05, 0) is 6.42 Å². The van der Waals surface area contributed by atoms with Crippen LogP contribution in [0.2, 0.25) is 0 Å². The maximum absolute atomic E-state index is 11.2. The summed E-state index contributed by atoms with van der Waals surface area (Å²) < 4.78 is 24.8. The first-order chi connectivity index (χ1) is 7.40. The molecule has 0 unspecified atom stereocenters. The van der Waals surface area contributed by atoms with Crippen LogP contribution in [-0.4, -0.2) is 36.0 Å². The number of rotatable bonds is 5. The topological polar surface area (TPSA) is 114 Å². The summed E-state index contributed by atoms with van der Waals surface area (Å²) in [7, 11) is -3.22. The van der Waals surface area contributed by atoms with E-state index in [2.05, 4.69) is 9.82 Å². The van der Waals surface area contributed by atoms with Crippen LogP contribution in [0.5, 0.6) is 0 Å². The monoisotopic (exact) mass is 248 g/mol. The summed E-state index contributed by atoms with van der Waals surface area (Å²) in [5.41, 5.74) is -1.49. The van der Waals surface area contributed by atoms with E-state index in [0.717, 1.165) is 10.8 Å². The summed E-state index contributed by atoms with van der Waals surface area (Å²) in [5.74, 6) is 0. The van der Waals surface area contributed by atoms with E-state index < -0.39 is 21.1 Å². The number of aromatic amines is 1. The lowest BCUT2D eigenvalue weighted by molar-refractivity contribution is 0.563. The maximum Gasteiger partial charge on any atom is 0.330 e. The lowest BCUT2D eigenvalue weighted by Gasteiger charge is -2.03. The molecule has 1 aromatic heterocycles. The van der Waals surface area contributed by atoms with Gasteiger partial charge in [-0.2, -0.15) is 5.10 Å². The van der Waals surface area contributed by atoms with Crippen LogP contribution in [0.1, 0.15) is 6.42 Å². The van der Waals surface area contributed by atoms with Crippen molar-refractivity contribution in [3.63, 3.8) is 0 Å². The molecular formula is C7H12N4O4S. The minimum Gasteiger partial charge on any atom is -0.293 e. The highest BCUT2D eigenvalue weighted by Gasteiger charge is 2.02. The van der Waals surface area contributed by atoms with E-state index in [4.69, 9.17) is 0 Å². The molecule has 0 fully saturated rings. The summed E-state index contributed by atoms with van der Waals surface area (Å²) >= 11 is 0. The van der Waals surface area contributed by atoms with E-state index in [0.29, 0.717) is 6.42 Å². The van der Waals surface area contributed by atoms with Gasteiger partial charge < -0.3 is 0 Å². The Morgan fingerprint density at radius 1 is 1.50 bits per heavy atom. The Morgan fingerprint density at radius 2 is 2.19 bits per heavy atom. The minimum absolute atomic E-state index is 0.206. The molecule has 1 aromatic rings. The normalized spacial score (nSPS) is 11.6. The van der Waals surface area contributed by atoms with Crippen molar-refractivity contribution >= 4 is 10.0 Å². The van der Waals surface area contributed by atoms with Crippen LogP contribution in [0.25, 0.3) is 0 Å². The van der Waals surface area contributed by atoms with Gasteiger partial charge in [0.1, 0.15) is 6.33 Å². The first-order valence-electron chi connectivity index (χ1n) is 4.49. The molecule has 0 saturated heterocycles. The Kier molecular flexibility index (Phi) is 3.96. The van der Waals surface area contributed by atoms with Crippen molar-refractivity contribution in [3.8, 4) is 0 Å². The highest BCUT2D eigenvalue weighted by molar-refractivity contribution is 7.88. The van der Waals surface area contributed by atoms with Crippen LogP contribution in [0.15, 0.2) is 15.9 Å². The van der Waals surface area contributed by atoms with E-state index in [-0.39, 0.29) is 13.1 Å². The second-order valence-electron chi connectivity index (χ2n) is 3.20. The lowest BCUT2D eigenvalue weighted by Crippen LogP contribution is -2.37. The first kappa shape index (κ1) is 12.6. The molecule has 0 radical (unpaired) electrons. The highest BCUT2D eigenvalue weighted by Crippen LogP contribution is 1.83. The van der Waals surface area contributed by atoms with Crippen LogP contribution in [0.3, 0.4) is 0 Å². The maximum atomic E-state index is 11.2. The molecule has 0 spiro atoms. The number of aromatic nitrogens is 3. The third kappa shape index (κ3) is 3.95. The highest BCUT2D eigenvalue weighted by atomic mass is 32.2. The van der Waals surface area contributed by atoms with Crippen molar-refractivity contribution in [1.29, 1.82) is 0 Å². The third-order valence-electron chi connectivity index (χ3n) is 1.76. The fraction of sp³-hybridized carbons (Fsp3) is 0.571. The molecular weight excluding hydrogens is 236 g/mol. The van der Waals surface area contributed by atoms with Gasteiger partial charge in [0, 0.05) is 13.1 Å². The Labute approximate surface area is 91.4 Å². The van der Waals surface area contributed by atoms with Crippen molar-refractivity contribution in [3.05, 3.63) is 27.0 Å². The van der Waals surface area contributed by atoms with Crippen molar-refractivity contribution in [2.24, 2.45) is 0 Å². The summed E-state index contributed by atoms with van der Waals surface area (Å²) in [6, 6.07) is 0. The summed E-state index contributed by atoms with van der Waals surface area (Å²) in [4.78, 5) is 22.1. The van der Waals surface area contributed by atoms with Crippen LogP contribution in [0, 0.1) is 0 Å². The summed E-state index contributed by atoms with van der Waals surface area (Å²) in [5, 5.41) is 5.46. The molecule has 0 amide bonds. The van der Waals surface area contributed by atoms with Gasteiger partial charge in [0.2, 0.25) is 10.0 Å². The van der Waals surface area contributed by atoms with E-state index in [1.165, 1.54) is 6.33 Å². The van der Waals surface area contributed by atoms with Crippen LogP contribution >= 0.6 is 0 Å². The Bertz CT molecular complexity index is 558. The number of nitrogens with one attached hydrogen (secondary N) is 2. The predicted octanol–water partition coefficient (Wildman–Crippen LogP) is -2.13. The molecule has 0 aliphatic rings. The molecule has 0 aromatic carbocycles. The van der Waals surface area contributed by atoms with Crippen molar-refractivity contribution in [1.82, 2.24) is 19.5 Å². The largest absolute Gasteiger partial charge is 0.330 e. The van der Waals surface area contributed by atoms with E-state index >= 15 is 0 Å². The molecule has 90 valence electrons. The van der Waals surface area contributed by atoms with Crippen LogP contribution in [-0.2, 0) is 16.6 Å². The second-order valence-corrected chi connectivity index (χ2v) is 5.04. The van der Waals surface area contributed by atoms with Gasteiger partial charge in [-0.1, -0.05) is 0 Å². The zero-order valence-electron chi connectivity index (χ0n) is 8.63. The molecule has 9 heteroatoms. The van der Waals surface area contributed by atoms with Crippen molar-refractivity contribution in [2.45, 2.75) is 13.0 Å². The van der Waals surface area contributed by atoms with Gasteiger partial charge in [0.05, 0.1) is 6.26 Å². The van der Waals surface area contributed by atoms with E-state index in [1.807, 2.05) is 5.10 Å². The van der Waals surface area contributed by atoms with Gasteiger partial charge in [0.25, 0.3) is 0 Å². The fourth-order valence-corrected chi connectivity index (χ4v) is 1.57. The smallest absolute Gasteiger partial charge is 0.293 e. The van der Waals surface area contributed by atoms with Gasteiger partial charge in [0.15, 0.2) is 0 Å². The molecule has 1 rings (SSSR count). The molecule has 1 heterocycles. The average Bonchev–Trinajstić information content (AvgIpc) is 2.17. The number of nitrogens with zero attached hydrogens (tertiary/aromatic N) is 2. The van der Waals surface area contributed by atoms with E-state index in [9.17, 15) is 18.0 Å². The minimum atomic E-state index is -3.22. The number of sulfonamides is 1. The predicted molar refractivity (Wildman–Crippen MR) is 56.6 cm³/mol. The number of hydrogen-bond donors (Lipinski definition) is 2. The van der Waals surface area contributed by atoms with Gasteiger partial charge in [-0.3, -0.25) is 14.2 Å². The van der Waals surface area contributed by atoms with Crippen molar-refractivity contribution < 1.29 is 8.42 Å². The standard InChI is InChI=1S/C7H12N4O4S/c1-16(14,15)9-3-2-4-11-5-8-10-6(12)7(11)13/h5,9H,2-4H2,1H3,(H,10,12). The van der Waals surface area contributed by atoms with Crippen LogP contribution < -0.4 is 15.8 Å². The molecule has 0 bridgehead atoms. The molecule has 0 aliphatic carbocycles. The molecule has 0 atom stereocenters. The molecule has 16 heavy (non-hydrogen) atoms. The number of hydrogen-bond acceptors (Lipinski definition) is 5. The number of aryl methyl sites for hydroxylation is 1. The molecule has 0 aliphatic heterocycles.